The molecule has 5 N–H and O–H groups in total. The van der Waals surface area contributed by atoms with E-state index in [-0.39, 0.29) is 30.9 Å². The summed E-state index contributed by atoms with van der Waals surface area (Å²) in [4.78, 5) is 23.5. The number of amides is 2. The molecule has 0 heterocycles. The Morgan fingerprint density at radius 2 is 1.86 bits per heavy atom. The number of hydrogen-bond acceptors (Lipinski definition) is 4. The molecular weight excluding hydrogens is 270 g/mol. The molecule has 0 spiro atoms. The molecule has 0 fully saturated rings. The first kappa shape index (κ1) is 17.1. The van der Waals surface area contributed by atoms with E-state index in [1.54, 1.807) is 0 Å². The van der Waals surface area contributed by atoms with Gasteiger partial charge in [-0.05, 0) is 11.5 Å². The minimum absolute atomic E-state index is 0.00238. The third-order valence-electron chi connectivity index (χ3n) is 3.16. The zero-order chi connectivity index (χ0) is 15.8. The maximum Gasteiger partial charge on any atom is 0.239 e. The van der Waals surface area contributed by atoms with Crippen molar-refractivity contribution in [1.82, 2.24) is 10.6 Å². The molecule has 0 aliphatic heterocycles. The van der Waals surface area contributed by atoms with E-state index >= 15 is 0 Å². The van der Waals surface area contributed by atoms with Gasteiger partial charge in [0.1, 0.15) is 0 Å². The van der Waals surface area contributed by atoms with Crippen LogP contribution in [-0.2, 0) is 9.59 Å². The number of carbonyl (C=O) groups excluding carboxylic acids is 2. The summed E-state index contributed by atoms with van der Waals surface area (Å²) >= 11 is 0. The van der Waals surface area contributed by atoms with Crippen molar-refractivity contribution >= 4 is 11.8 Å². The smallest absolute Gasteiger partial charge is 0.239 e. The van der Waals surface area contributed by atoms with Crippen LogP contribution in [0.5, 0.6) is 0 Å². The van der Waals surface area contributed by atoms with Crippen LogP contribution in [0.1, 0.15) is 25.5 Å². The van der Waals surface area contributed by atoms with Crippen LogP contribution >= 0.6 is 0 Å². The van der Waals surface area contributed by atoms with Gasteiger partial charge in [0.25, 0.3) is 0 Å². The molecule has 0 aliphatic carbocycles. The lowest BCUT2D eigenvalue weighted by atomic mass is 10.1. The first-order chi connectivity index (χ1) is 9.95. The van der Waals surface area contributed by atoms with Gasteiger partial charge in [-0.15, -0.1) is 0 Å². The Hall–Kier alpha value is -1.92. The number of nitrogens with one attached hydrogen (secondary N) is 2. The molecule has 0 unspecified atom stereocenters. The molecule has 0 saturated carbocycles. The monoisotopic (exact) mass is 293 g/mol. The average Bonchev–Trinajstić information content (AvgIpc) is 2.50. The van der Waals surface area contributed by atoms with Gasteiger partial charge in [-0.25, -0.2) is 0 Å². The SMILES string of the molecule is CC(C)[C@H](N)C(=O)NCC(=O)N[C@@H](CO)c1ccccc1. The largest absolute Gasteiger partial charge is 0.394 e. The van der Waals surface area contributed by atoms with Gasteiger partial charge in [-0.3, -0.25) is 9.59 Å². The molecule has 0 bridgehead atoms. The lowest BCUT2D eigenvalue weighted by molar-refractivity contribution is -0.127. The minimum Gasteiger partial charge on any atom is -0.394 e. The highest BCUT2D eigenvalue weighted by atomic mass is 16.3. The number of nitrogens with two attached hydrogens (primary N) is 1. The summed E-state index contributed by atoms with van der Waals surface area (Å²) in [6.45, 7) is 3.29. The zero-order valence-electron chi connectivity index (χ0n) is 12.4. The Bertz CT molecular complexity index is 462. The van der Waals surface area contributed by atoms with Gasteiger partial charge >= 0.3 is 0 Å². The lowest BCUT2D eigenvalue weighted by Crippen LogP contribution is -2.47. The van der Waals surface area contributed by atoms with E-state index in [0.717, 1.165) is 5.56 Å². The number of rotatable bonds is 7. The summed E-state index contributed by atoms with van der Waals surface area (Å²) in [6, 6.07) is 8.01. The van der Waals surface area contributed by atoms with Gasteiger partial charge in [0.15, 0.2) is 0 Å². The highest BCUT2D eigenvalue weighted by molar-refractivity contribution is 5.87. The summed E-state index contributed by atoms with van der Waals surface area (Å²) in [5.74, 6) is -0.731. The van der Waals surface area contributed by atoms with E-state index in [1.165, 1.54) is 0 Å². The van der Waals surface area contributed by atoms with Gasteiger partial charge in [0.2, 0.25) is 11.8 Å². The van der Waals surface area contributed by atoms with Crippen LogP contribution in [-0.4, -0.2) is 36.1 Å². The zero-order valence-corrected chi connectivity index (χ0v) is 12.4. The van der Waals surface area contributed by atoms with E-state index in [9.17, 15) is 14.7 Å². The van der Waals surface area contributed by atoms with Crippen LogP contribution in [0.4, 0.5) is 0 Å². The highest BCUT2D eigenvalue weighted by Crippen LogP contribution is 2.11. The second-order valence-corrected chi connectivity index (χ2v) is 5.20. The summed E-state index contributed by atoms with van der Waals surface area (Å²) < 4.78 is 0. The lowest BCUT2D eigenvalue weighted by Gasteiger charge is -2.18. The number of carbonyl (C=O) groups is 2. The molecule has 6 heteroatoms. The number of benzene rings is 1. The van der Waals surface area contributed by atoms with Crippen molar-refractivity contribution in [3.05, 3.63) is 35.9 Å². The van der Waals surface area contributed by atoms with E-state index in [4.69, 9.17) is 5.73 Å². The van der Waals surface area contributed by atoms with Gasteiger partial charge in [0, 0.05) is 0 Å². The number of aliphatic hydroxyl groups excluding tert-OH is 1. The Labute approximate surface area is 124 Å². The van der Waals surface area contributed by atoms with E-state index in [0.29, 0.717) is 0 Å². The van der Waals surface area contributed by atoms with Gasteiger partial charge < -0.3 is 21.5 Å². The minimum atomic E-state index is -0.638. The van der Waals surface area contributed by atoms with Crippen molar-refractivity contribution in [3.63, 3.8) is 0 Å². The fourth-order valence-electron chi connectivity index (χ4n) is 1.75. The van der Waals surface area contributed by atoms with Crippen LogP contribution in [0.2, 0.25) is 0 Å². The first-order valence-electron chi connectivity index (χ1n) is 6.94. The van der Waals surface area contributed by atoms with Crippen molar-refractivity contribution in [2.45, 2.75) is 25.9 Å². The quantitative estimate of drug-likeness (QED) is 0.565. The molecule has 0 aromatic heterocycles. The first-order valence-corrected chi connectivity index (χ1v) is 6.94. The third kappa shape index (κ3) is 5.53. The second kappa shape index (κ2) is 8.39. The number of hydrogen-bond donors (Lipinski definition) is 4. The van der Waals surface area contributed by atoms with Crippen LogP contribution in [0.3, 0.4) is 0 Å². The average molecular weight is 293 g/mol. The van der Waals surface area contributed by atoms with Crippen molar-refractivity contribution in [1.29, 1.82) is 0 Å². The van der Waals surface area contributed by atoms with E-state index < -0.39 is 12.1 Å². The predicted molar refractivity (Wildman–Crippen MR) is 80.2 cm³/mol. The summed E-state index contributed by atoms with van der Waals surface area (Å²) in [6.07, 6.45) is 0. The van der Waals surface area contributed by atoms with Gasteiger partial charge in [-0.1, -0.05) is 44.2 Å². The normalized spacial score (nSPS) is 13.6. The molecule has 2 amide bonds. The molecule has 0 aliphatic rings. The van der Waals surface area contributed by atoms with Crippen molar-refractivity contribution in [2.24, 2.45) is 11.7 Å². The molecule has 116 valence electrons. The Balaban J connectivity index is 2.47. The van der Waals surface area contributed by atoms with E-state index in [2.05, 4.69) is 10.6 Å². The molecular formula is C15H23N3O3. The molecule has 0 radical (unpaired) electrons. The van der Waals surface area contributed by atoms with Crippen LogP contribution < -0.4 is 16.4 Å². The Morgan fingerprint density at radius 1 is 1.24 bits per heavy atom. The summed E-state index contributed by atoms with van der Waals surface area (Å²) in [5.41, 5.74) is 6.49. The van der Waals surface area contributed by atoms with Crippen molar-refractivity contribution in [2.75, 3.05) is 13.2 Å². The maximum absolute atomic E-state index is 11.8. The van der Waals surface area contributed by atoms with Crippen LogP contribution in [0.15, 0.2) is 30.3 Å². The van der Waals surface area contributed by atoms with Crippen LogP contribution in [0.25, 0.3) is 0 Å². The molecule has 1 aromatic rings. The topological polar surface area (TPSA) is 104 Å². The molecule has 21 heavy (non-hydrogen) atoms. The predicted octanol–water partition coefficient (Wildman–Crippen LogP) is -0.0643. The van der Waals surface area contributed by atoms with Gasteiger partial charge in [0.05, 0.1) is 25.2 Å². The summed E-state index contributed by atoms with van der Waals surface area (Å²) in [7, 11) is 0. The third-order valence-corrected chi connectivity index (χ3v) is 3.16. The molecule has 2 atom stereocenters. The fourth-order valence-corrected chi connectivity index (χ4v) is 1.75. The van der Waals surface area contributed by atoms with E-state index in [1.807, 2.05) is 44.2 Å². The highest BCUT2D eigenvalue weighted by Gasteiger charge is 2.18. The van der Waals surface area contributed by atoms with Crippen molar-refractivity contribution in [3.8, 4) is 0 Å². The van der Waals surface area contributed by atoms with Crippen LogP contribution in [0, 0.1) is 5.92 Å². The molecule has 0 saturated heterocycles. The van der Waals surface area contributed by atoms with Crippen molar-refractivity contribution < 1.29 is 14.7 Å². The summed E-state index contributed by atoms with van der Waals surface area (Å²) in [5, 5.41) is 14.5. The fraction of sp³-hybridized carbons (Fsp3) is 0.467. The molecule has 1 aromatic carbocycles. The standard InChI is InChI=1S/C15H23N3O3/c1-10(2)14(16)15(21)17-8-13(20)18-12(9-19)11-6-4-3-5-7-11/h3-7,10,12,14,19H,8-9,16H2,1-2H3,(H,17,21)(H,18,20)/t12-,14-/m0/s1. The second-order valence-electron chi connectivity index (χ2n) is 5.20. The Kier molecular flexibility index (Phi) is 6.84. The van der Waals surface area contributed by atoms with Gasteiger partial charge in [-0.2, -0.15) is 0 Å². The Morgan fingerprint density at radius 3 is 2.38 bits per heavy atom. The molecule has 1 rings (SSSR count). The maximum atomic E-state index is 11.8. The molecule has 6 nitrogen and oxygen atoms in total. The number of aliphatic hydroxyl groups is 1.